The molecule has 21 heavy (non-hydrogen) atoms. The van der Waals surface area contributed by atoms with Crippen LogP contribution in [0.2, 0.25) is 10.0 Å². The van der Waals surface area contributed by atoms with Crippen LogP contribution in [-0.2, 0) is 19.4 Å². The second-order valence-corrected chi connectivity index (χ2v) is 8.71. The highest BCUT2D eigenvalue weighted by Crippen LogP contribution is 2.49. The molecule has 0 amide bonds. The number of esters is 1. The summed E-state index contributed by atoms with van der Waals surface area (Å²) in [5.74, 6) is -0.435. The van der Waals surface area contributed by atoms with Gasteiger partial charge in [0.05, 0.1) is 17.4 Å². The molecular formula is C14H14Cl2O4S. The van der Waals surface area contributed by atoms with Crippen molar-refractivity contribution in [1.82, 2.24) is 0 Å². The van der Waals surface area contributed by atoms with Gasteiger partial charge in [0.25, 0.3) is 0 Å². The fourth-order valence-corrected chi connectivity index (χ4v) is 4.85. The van der Waals surface area contributed by atoms with E-state index in [1.807, 2.05) is 0 Å². The molecule has 7 heteroatoms. The Labute approximate surface area is 133 Å². The van der Waals surface area contributed by atoms with Crippen LogP contribution in [0.15, 0.2) is 18.2 Å². The topological polar surface area (TPSA) is 60.4 Å². The summed E-state index contributed by atoms with van der Waals surface area (Å²) < 4.78 is 28.0. The Morgan fingerprint density at radius 3 is 2.43 bits per heavy atom. The van der Waals surface area contributed by atoms with Crippen molar-refractivity contribution < 1.29 is 17.9 Å². The summed E-state index contributed by atoms with van der Waals surface area (Å²) in [6, 6.07) is 5.24. The number of sulfone groups is 1. The highest BCUT2D eigenvalue weighted by molar-refractivity contribution is 7.91. The first kappa shape index (κ1) is 15.1. The van der Waals surface area contributed by atoms with E-state index in [1.165, 1.54) is 0 Å². The Kier molecular flexibility index (Phi) is 3.93. The average molecular weight is 349 g/mol. The van der Waals surface area contributed by atoms with Gasteiger partial charge in [-0.25, -0.2) is 8.42 Å². The van der Waals surface area contributed by atoms with Gasteiger partial charge < -0.3 is 4.74 Å². The van der Waals surface area contributed by atoms with E-state index in [9.17, 15) is 13.2 Å². The van der Waals surface area contributed by atoms with Gasteiger partial charge in [0.1, 0.15) is 6.10 Å². The van der Waals surface area contributed by atoms with E-state index in [-0.39, 0.29) is 29.3 Å². The zero-order chi connectivity index (χ0) is 15.2. The molecular weight excluding hydrogens is 335 g/mol. The number of rotatable bonds is 3. The number of benzene rings is 1. The molecule has 3 rings (SSSR count). The molecule has 1 aromatic carbocycles. The van der Waals surface area contributed by atoms with E-state index in [4.69, 9.17) is 27.9 Å². The normalized spacial score (nSPS) is 30.1. The summed E-state index contributed by atoms with van der Waals surface area (Å²) in [6.07, 6.45) is 0.593. The molecule has 0 unspecified atom stereocenters. The van der Waals surface area contributed by atoms with Crippen molar-refractivity contribution in [2.24, 2.45) is 5.92 Å². The Bertz CT molecular complexity index is 666. The maximum absolute atomic E-state index is 12.0. The smallest absolute Gasteiger partial charge is 0.309 e. The van der Waals surface area contributed by atoms with Gasteiger partial charge in [0, 0.05) is 10.0 Å². The molecule has 0 N–H and O–H groups in total. The van der Waals surface area contributed by atoms with E-state index >= 15 is 0 Å². The molecule has 1 aliphatic carbocycles. The molecule has 114 valence electrons. The maximum Gasteiger partial charge on any atom is 0.309 e. The first-order valence-electron chi connectivity index (χ1n) is 6.71. The summed E-state index contributed by atoms with van der Waals surface area (Å²) in [5, 5.41) is 1.08. The van der Waals surface area contributed by atoms with Crippen molar-refractivity contribution in [2.45, 2.75) is 24.9 Å². The Morgan fingerprint density at radius 2 is 1.86 bits per heavy atom. The number of hydrogen-bond acceptors (Lipinski definition) is 4. The Balaban J connectivity index is 1.61. The number of carbonyl (C=O) groups is 1. The molecule has 2 fully saturated rings. The molecule has 0 radical (unpaired) electrons. The number of carbonyl (C=O) groups excluding carboxylic acids is 1. The molecule has 0 aromatic heterocycles. The third-order valence-electron chi connectivity index (χ3n) is 3.88. The zero-order valence-electron chi connectivity index (χ0n) is 11.1. The lowest BCUT2D eigenvalue weighted by Gasteiger charge is -2.10. The van der Waals surface area contributed by atoms with Crippen molar-refractivity contribution in [3.8, 4) is 0 Å². The van der Waals surface area contributed by atoms with Crippen molar-refractivity contribution in [3.63, 3.8) is 0 Å². The predicted molar refractivity (Wildman–Crippen MR) is 80.5 cm³/mol. The van der Waals surface area contributed by atoms with Crippen molar-refractivity contribution in [1.29, 1.82) is 0 Å². The van der Waals surface area contributed by atoms with Gasteiger partial charge in [0.2, 0.25) is 0 Å². The Morgan fingerprint density at radius 1 is 1.19 bits per heavy atom. The Hall–Kier alpha value is -0.780. The quantitative estimate of drug-likeness (QED) is 0.788. The fourth-order valence-electron chi connectivity index (χ4n) is 2.72. The summed E-state index contributed by atoms with van der Waals surface area (Å²) in [4.78, 5) is 12.0. The molecule has 1 aromatic rings. The third-order valence-corrected chi connectivity index (χ3v) is 6.05. The van der Waals surface area contributed by atoms with E-state index in [2.05, 4.69) is 0 Å². The first-order chi connectivity index (χ1) is 9.84. The van der Waals surface area contributed by atoms with Crippen LogP contribution in [0.4, 0.5) is 0 Å². The van der Waals surface area contributed by atoms with Gasteiger partial charge in [-0.3, -0.25) is 4.79 Å². The summed E-state index contributed by atoms with van der Waals surface area (Å²) >= 11 is 11.9. The molecule has 3 atom stereocenters. The minimum atomic E-state index is -3.04. The molecule has 1 aliphatic heterocycles. The summed E-state index contributed by atoms with van der Waals surface area (Å²) in [6.45, 7) is 0. The van der Waals surface area contributed by atoms with Gasteiger partial charge in [-0.1, -0.05) is 23.2 Å². The van der Waals surface area contributed by atoms with Gasteiger partial charge in [-0.2, -0.15) is 0 Å². The van der Waals surface area contributed by atoms with Crippen LogP contribution in [0.25, 0.3) is 0 Å². The highest BCUT2D eigenvalue weighted by atomic mass is 35.5. The largest absolute Gasteiger partial charge is 0.461 e. The van der Waals surface area contributed by atoms with Crippen molar-refractivity contribution >= 4 is 39.0 Å². The van der Waals surface area contributed by atoms with Crippen LogP contribution in [0.5, 0.6) is 0 Å². The molecule has 1 saturated carbocycles. The SMILES string of the molecule is O=C(O[C@@H]1CCS(=O)(=O)C1)[C@@H]1C[C@@H]1c1cc(Cl)cc(Cl)c1. The van der Waals surface area contributed by atoms with Crippen LogP contribution in [0.3, 0.4) is 0 Å². The molecule has 1 saturated heterocycles. The average Bonchev–Trinajstić information content (AvgIpc) is 3.08. The van der Waals surface area contributed by atoms with E-state index in [0.29, 0.717) is 22.9 Å². The lowest BCUT2D eigenvalue weighted by molar-refractivity contribution is -0.149. The van der Waals surface area contributed by atoms with Crippen LogP contribution >= 0.6 is 23.2 Å². The van der Waals surface area contributed by atoms with E-state index in [0.717, 1.165) is 5.56 Å². The van der Waals surface area contributed by atoms with Gasteiger partial charge in [-0.15, -0.1) is 0 Å². The standard InChI is InChI=1S/C14H14Cl2O4S/c15-9-3-8(4-10(16)5-9)12-6-13(12)14(17)20-11-1-2-21(18,19)7-11/h3-5,11-13H,1-2,6-7H2/t11-,12-,13-/m1/s1. The van der Waals surface area contributed by atoms with E-state index < -0.39 is 15.9 Å². The van der Waals surface area contributed by atoms with Gasteiger partial charge in [-0.05, 0) is 42.5 Å². The molecule has 1 heterocycles. The minimum absolute atomic E-state index is 0.0564. The highest BCUT2D eigenvalue weighted by Gasteiger charge is 2.46. The lowest BCUT2D eigenvalue weighted by atomic mass is 10.1. The van der Waals surface area contributed by atoms with Gasteiger partial charge in [0.15, 0.2) is 9.84 Å². The van der Waals surface area contributed by atoms with Crippen molar-refractivity contribution in [3.05, 3.63) is 33.8 Å². The van der Waals surface area contributed by atoms with Crippen LogP contribution in [0, 0.1) is 5.92 Å². The van der Waals surface area contributed by atoms with Crippen LogP contribution in [0.1, 0.15) is 24.3 Å². The molecule has 0 spiro atoms. The lowest BCUT2D eigenvalue weighted by Crippen LogP contribution is -2.20. The number of halogens is 2. The van der Waals surface area contributed by atoms with E-state index in [1.54, 1.807) is 18.2 Å². The zero-order valence-corrected chi connectivity index (χ0v) is 13.4. The number of hydrogen-bond donors (Lipinski definition) is 0. The van der Waals surface area contributed by atoms with Crippen LogP contribution in [-0.4, -0.2) is 32.0 Å². The van der Waals surface area contributed by atoms with Gasteiger partial charge >= 0.3 is 5.97 Å². The molecule has 0 bridgehead atoms. The fraction of sp³-hybridized carbons (Fsp3) is 0.500. The summed E-state index contributed by atoms with van der Waals surface area (Å²) in [7, 11) is -3.04. The van der Waals surface area contributed by atoms with Crippen molar-refractivity contribution in [2.75, 3.05) is 11.5 Å². The predicted octanol–water partition coefficient (Wildman–Crippen LogP) is 2.83. The molecule has 2 aliphatic rings. The monoisotopic (exact) mass is 348 g/mol. The molecule has 4 nitrogen and oxygen atoms in total. The second-order valence-electron chi connectivity index (χ2n) is 5.61. The summed E-state index contributed by atoms with van der Waals surface area (Å²) in [5.41, 5.74) is 0.925. The number of ether oxygens (including phenoxy) is 1. The van der Waals surface area contributed by atoms with Crippen LogP contribution < -0.4 is 0 Å². The first-order valence-corrected chi connectivity index (χ1v) is 9.29. The second kappa shape index (κ2) is 5.45. The minimum Gasteiger partial charge on any atom is -0.461 e. The third kappa shape index (κ3) is 3.52. The maximum atomic E-state index is 12.0.